The van der Waals surface area contributed by atoms with E-state index in [0.717, 1.165) is 42.5 Å². The fourth-order valence-electron chi connectivity index (χ4n) is 3.42. The second-order valence-corrected chi connectivity index (χ2v) is 7.25. The summed E-state index contributed by atoms with van der Waals surface area (Å²) in [6.07, 6.45) is 4.35. The molecule has 6 heteroatoms. The second-order valence-electron chi connectivity index (χ2n) is 7.25. The summed E-state index contributed by atoms with van der Waals surface area (Å²) in [5.41, 5.74) is 2.89. The van der Waals surface area contributed by atoms with Crippen LogP contribution in [0, 0.1) is 0 Å². The molecule has 1 aliphatic rings. The fourth-order valence-corrected chi connectivity index (χ4v) is 3.42. The molecule has 2 aromatic carbocycles. The lowest BCUT2D eigenvalue weighted by Gasteiger charge is -2.18. The molecule has 1 atom stereocenters. The fraction of sp³-hybridized carbons (Fsp3) is 0.391. The molecule has 29 heavy (non-hydrogen) atoms. The van der Waals surface area contributed by atoms with E-state index in [1.54, 1.807) is 0 Å². The molecule has 0 aromatic heterocycles. The Bertz CT molecular complexity index is 823. The maximum absolute atomic E-state index is 11.9. The van der Waals surface area contributed by atoms with E-state index >= 15 is 0 Å². The van der Waals surface area contributed by atoms with Crippen LogP contribution < -0.4 is 15.4 Å². The SMILES string of the molecule is COC(=O)CNc1ccc(CC2CCCCC(=O)N2)cc1OCc1ccccc1. The maximum Gasteiger partial charge on any atom is 0.325 e. The third kappa shape index (κ3) is 6.52. The van der Waals surface area contributed by atoms with Gasteiger partial charge in [-0.05, 0) is 42.5 Å². The summed E-state index contributed by atoms with van der Waals surface area (Å²) in [5.74, 6) is 0.462. The van der Waals surface area contributed by atoms with Gasteiger partial charge < -0.3 is 20.1 Å². The van der Waals surface area contributed by atoms with Crippen molar-refractivity contribution < 1.29 is 19.1 Å². The highest BCUT2D eigenvalue weighted by atomic mass is 16.5. The highest BCUT2D eigenvalue weighted by molar-refractivity contribution is 5.77. The molecular formula is C23H28N2O4. The molecule has 154 valence electrons. The number of hydrogen-bond donors (Lipinski definition) is 2. The molecule has 0 saturated carbocycles. The van der Waals surface area contributed by atoms with Gasteiger partial charge in [0.2, 0.25) is 5.91 Å². The normalized spacial score (nSPS) is 16.4. The lowest BCUT2D eigenvalue weighted by molar-refractivity contribution is -0.138. The van der Waals surface area contributed by atoms with Gasteiger partial charge in [0, 0.05) is 12.5 Å². The number of nitrogens with one attached hydrogen (secondary N) is 2. The summed E-state index contributed by atoms with van der Waals surface area (Å²) in [4.78, 5) is 23.4. The number of benzene rings is 2. The maximum atomic E-state index is 11.9. The van der Waals surface area contributed by atoms with Crippen LogP contribution in [0.4, 0.5) is 5.69 Å². The minimum atomic E-state index is -0.343. The third-order valence-electron chi connectivity index (χ3n) is 4.99. The Kier molecular flexibility index (Phi) is 7.50. The highest BCUT2D eigenvalue weighted by Gasteiger charge is 2.17. The number of esters is 1. The number of carbonyl (C=O) groups excluding carboxylic acids is 2. The first-order valence-electron chi connectivity index (χ1n) is 10.0. The van der Waals surface area contributed by atoms with Crippen LogP contribution in [0.25, 0.3) is 0 Å². The number of amides is 1. The smallest absolute Gasteiger partial charge is 0.325 e. The first kappa shape index (κ1) is 20.7. The molecule has 1 unspecified atom stereocenters. The van der Waals surface area contributed by atoms with Gasteiger partial charge in [0.1, 0.15) is 18.9 Å². The molecule has 1 amide bonds. The number of carbonyl (C=O) groups is 2. The van der Waals surface area contributed by atoms with E-state index in [9.17, 15) is 9.59 Å². The van der Waals surface area contributed by atoms with Gasteiger partial charge in [-0.15, -0.1) is 0 Å². The molecule has 0 aliphatic carbocycles. The van der Waals surface area contributed by atoms with Gasteiger partial charge in [-0.2, -0.15) is 0 Å². The largest absolute Gasteiger partial charge is 0.487 e. The molecule has 3 rings (SSSR count). The van der Waals surface area contributed by atoms with Crippen LogP contribution in [0.2, 0.25) is 0 Å². The van der Waals surface area contributed by atoms with E-state index in [2.05, 4.69) is 10.6 Å². The molecule has 6 nitrogen and oxygen atoms in total. The van der Waals surface area contributed by atoms with Crippen LogP contribution >= 0.6 is 0 Å². The lowest BCUT2D eigenvalue weighted by atomic mass is 10.0. The van der Waals surface area contributed by atoms with Crippen molar-refractivity contribution in [3.63, 3.8) is 0 Å². The van der Waals surface area contributed by atoms with Gasteiger partial charge >= 0.3 is 5.97 Å². The van der Waals surface area contributed by atoms with Gasteiger partial charge in [0.15, 0.2) is 0 Å². The van der Waals surface area contributed by atoms with E-state index in [0.29, 0.717) is 18.8 Å². The van der Waals surface area contributed by atoms with Crippen molar-refractivity contribution in [1.82, 2.24) is 5.32 Å². The zero-order valence-corrected chi connectivity index (χ0v) is 16.8. The molecule has 1 aliphatic heterocycles. The lowest BCUT2D eigenvalue weighted by Crippen LogP contribution is -2.34. The van der Waals surface area contributed by atoms with Crippen molar-refractivity contribution >= 4 is 17.6 Å². The molecular weight excluding hydrogens is 368 g/mol. The second kappa shape index (κ2) is 10.5. The zero-order chi connectivity index (χ0) is 20.5. The standard InChI is InChI=1S/C23H28N2O4/c1-28-23(27)15-24-20-12-11-18(13-19-9-5-6-10-22(26)25-19)14-21(20)29-16-17-7-3-2-4-8-17/h2-4,7-8,11-12,14,19,24H,5-6,9-10,13,15-16H2,1H3,(H,25,26). The van der Waals surface area contributed by atoms with Gasteiger partial charge in [-0.3, -0.25) is 9.59 Å². The number of ether oxygens (including phenoxy) is 2. The van der Waals surface area contributed by atoms with Crippen LogP contribution in [0.3, 0.4) is 0 Å². The van der Waals surface area contributed by atoms with E-state index in [-0.39, 0.29) is 24.5 Å². The van der Waals surface area contributed by atoms with Gasteiger partial charge in [0.25, 0.3) is 0 Å². The molecule has 1 saturated heterocycles. The van der Waals surface area contributed by atoms with Crippen molar-refractivity contribution in [3.8, 4) is 5.75 Å². The van der Waals surface area contributed by atoms with Crippen LogP contribution in [-0.4, -0.2) is 31.6 Å². The first-order valence-corrected chi connectivity index (χ1v) is 10.0. The van der Waals surface area contributed by atoms with E-state index < -0.39 is 0 Å². The average molecular weight is 396 g/mol. The van der Waals surface area contributed by atoms with E-state index in [1.807, 2.05) is 48.5 Å². The quantitative estimate of drug-likeness (QED) is 0.669. The summed E-state index contributed by atoms with van der Waals surface area (Å²) < 4.78 is 10.8. The molecule has 2 N–H and O–H groups in total. The Balaban J connectivity index is 1.73. The summed E-state index contributed by atoms with van der Waals surface area (Å²) in [6.45, 7) is 0.494. The van der Waals surface area contributed by atoms with Crippen molar-refractivity contribution in [3.05, 3.63) is 59.7 Å². The minimum Gasteiger partial charge on any atom is -0.487 e. The summed E-state index contributed by atoms with van der Waals surface area (Å²) in [5, 5.41) is 6.19. The number of anilines is 1. The van der Waals surface area contributed by atoms with E-state index in [4.69, 9.17) is 9.47 Å². The molecule has 0 bridgehead atoms. The van der Waals surface area contributed by atoms with Crippen molar-refractivity contribution in [2.45, 2.75) is 44.8 Å². The molecule has 1 heterocycles. The molecule has 0 spiro atoms. The number of rotatable bonds is 8. The molecule has 2 aromatic rings. The third-order valence-corrected chi connectivity index (χ3v) is 4.99. The Labute approximate surface area is 171 Å². The van der Waals surface area contributed by atoms with Crippen LogP contribution in [0.15, 0.2) is 48.5 Å². The van der Waals surface area contributed by atoms with Crippen molar-refractivity contribution in [2.75, 3.05) is 19.0 Å². The summed E-state index contributed by atoms with van der Waals surface area (Å²) in [6, 6.07) is 16.0. The number of hydrogen-bond acceptors (Lipinski definition) is 5. The first-order chi connectivity index (χ1) is 14.1. The monoisotopic (exact) mass is 396 g/mol. The van der Waals surface area contributed by atoms with Gasteiger partial charge in [0.05, 0.1) is 12.8 Å². The van der Waals surface area contributed by atoms with Crippen molar-refractivity contribution in [2.24, 2.45) is 0 Å². The van der Waals surface area contributed by atoms with Crippen LogP contribution in [0.1, 0.15) is 36.8 Å². The Morgan fingerprint density at radius 2 is 1.97 bits per heavy atom. The Hall–Kier alpha value is -3.02. The van der Waals surface area contributed by atoms with Crippen LogP contribution in [-0.2, 0) is 27.4 Å². The van der Waals surface area contributed by atoms with E-state index in [1.165, 1.54) is 7.11 Å². The number of methoxy groups -OCH3 is 1. The van der Waals surface area contributed by atoms with Crippen LogP contribution in [0.5, 0.6) is 5.75 Å². The van der Waals surface area contributed by atoms with Gasteiger partial charge in [-0.25, -0.2) is 0 Å². The minimum absolute atomic E-state index is 0.0657. The zero-order valence-electron chi connectivity index (χ0n) is 16.8. The topological polar surface area (TPSA) is 76.7 Å². The summed E-state index contributed by atoms with van der Waals surface area (Å²) >= 11 is 0. The predicted molar refractivity (Wildman–Crippen MR) is 112 cm³/mol. The van der Waals surface area contributed by atoms with Gasteiger partial charge in [-0.1, -0.05) is 42.8 Å². The Morgan fingerprint density at radius 3 is 2.76 bits per heavy atom. The summed E-state index contributed by atoms with van der Waals surface area (Å²) in [7, 11) is 1.36. The Morgan fingerprint density at radius 1 is 1.14 bits per heavy atom. The highest BCUT2D eigenvalue weighted by Crippen LogP contribution is 2.28. The molecule has 1 fully saturated rings. The van der Waals surface area contributed by atoms with Crippen molar-refractivity contribution in [1.29, 1.82) is 0 Å². The average Bonchev–Trinajstić information content (AvgIpc) is 2.95. The molecule has 0 radical (unpaired) electrons. The predicted octanol–water partition coefficient (Wildman–Crippen LogP) is 3.45.